The molecule has 2 N–H and O–H groups in total. The number of carbonyl (C=O) groups excluding carboxylic acids is 1. The van der Waals surface area contributed by atoms with Gasteiger partial charge < -0.3 is 15.4 Å². The molecule has 128 valence electrons. The van der Waals surface area contributed by atoms with Crippen LogP contribution >= 0.6 is 0 Å². The maximum absolute atomic E-state index is 12.0. The molecule has 0 aromatic heterocycles. The van der Waals surface area contributed by atoms with Crippen LogP contribution in [0.25, 0.3) is 0 Å². The van der Waals surface area contributed by atoms with Crippen LogP contribution in [0.1, 0.15) is 23.1 Å². The van der Waals surface area contributed by atoms with Gasteiger partial charge in [-0.25, -0.2) is 0 Å². The number of amides is 1. The summed E-state index contributed by atoms with van der Waals surface area (Å²) in [7, 11) is 1.67. The third kappa shape index (κ3) is 5.70. The lowest BCUT2D eigenvalue weighted by Gasteiger charge is -2.10. The Morgan fingerprint density at radius 1 is 1.08 bits per heavy atom. The van der Waals surface area contributed by atoms with E-state index < -0.39 is 0 Å². The number of benzene rings is 2. The van der Waals surface area contributed by atoms with Gasteiger partial charge in [-0.2, -0.15) is 0 Å². The van der Waals surface area contributed by atoms with Gasteiger partial charge in [-0.05, 0) is 61.7 Å². The van der Waals surface area contributed by atoms with E-state index in [-0.39, 0.29) is 5.91 Å². The van der Waals surface area contributed by atoms with Crippen molar-refractivity contribution in [2.75, 3.05) is 25.5 Å². The molecule has 0 bridgehead atoms. The molecule has 0 radical (unpaired) electrons. The van der Waals surface area contributed by atoms with Crippen LogP contribution in [-0.4, -0.2) is 26.1 Å². The number of hydrogen-bond donors (Lipinski definition) is 2. The van der Waals surface area contributed by atoms with E-state index in [4.69, 9.17) is 4.74 Å². The third-order valence-electron chi connectivity index (χ3n) is 3.92. The summed E-state index contributed by atoms with van der Waals surface area (Å²) in [6, 6.07) is 14.1. The molecule has 0 fully saturated rings. The first kappa shape index (κ1) is 18.0. The molecule has 24 heavy (non-hydrogen) atoms. The van der Waals surface area contributed by atoms with E-state index in [2.05, 4.69) is 16.7 Å². The average molecular weight is 326 g/mol. The maximum Gasteiger partial charge on any atom is 0.225 e. The molecule has 0 aliphatic rings. The minimum absolute atomic E-state index is 0.0394. The molecule has 1 amide bonds. The summed E-state index contributed by atoms with van der Waals surface area (Å²) in [6.45, 7) is 5.53. The number of nitrogens with one attached hydrogen (secondary N) is 2. The first-order chi connectivity index (χ1) is 11.6. The average Bonchev–Trinajstić information content (AvgIpc) is 2.58. The summed E-state index contributed by atoms with van der Waals surface area (Å²) in [5, 5.41) is 6.29. The zero-order valence-electron chi connectivity index (χ0n) is 14.7. The second-order valence-corrected chi connectivity index (χ2v) is 5.97. The molecule has 4 heteroatoms. The molecule has 0 heterocycles. The topological polar surface area (TPSA) is 50.4 Å². The van der Waals surface area contributed by atoms with Gasteiger partial charge in [-0.3, -0.25) is 4.79 Å². The number of anilines is 1. The van der Waals surface area contributed by atoms with E-state index in [1.54, 1.807) is 7.11 Å². The number of rotatable bonds is 8. The van der Waals surface area contributed by atoms with Crippen LogP contribution in [0.2, 0.25) is 0 Å². The van der Waals surface area contributed by atoms with Crippen molar-refractivity contribution in [2.24, 2.45) is 0 Å². The summed E-state index contributed by atoms with van der Waals surface area (Å²) >= 11 is 0. The first-order valence-electron chi connectivity index (χ1n) is 8.29. The fourth-order valence-corrected chi connectivity index (χ4v) is 2.47. The first-order valence-corrected chi connectivity index (χ1v) is 8.29. The van der Waals surface area contributed by atoms with E-state index in [0.717, 1.165) is 35.5 Å². The lowest BCUT2D eigenvalue weighted by Crippen LogP contribution is -2.23. The highest BCUT2D eigenvalue weighted by molar-refractivity contribution is 5.91. The number of methoxy groups -OCH3 is 1. The highest BCUT2D eigenvalue weighted by Gasteiger charge is 2.05. The summed E-state index contributed by atoms with van der Waals surface area (Å²) < 4.78 is 5.22. The molecule has 0 aliphatic heterocycles. The van der Waals surface area contributed by atoms with Crippen LogP contribution < -0.4 is 15.4 Å². The molecule has 2 aromatic carbocycles. The molecule has 4 nitrogen and oxygen atoms in total. The van der Waals surface area contributed by atoms with E-state index >= 15 is 0 Å². The Morgan fingerprint density at radius 2 is 1.92 bits per heavy atom. The van der Waals surface area contributed by atoms with E-state index in [1.165, 1.54) is 5.56 Å². The molecule has 0 saturated carbocycles. The van der Waals surface area contributed by atoms with E-state index in [1.807, 2.05) is 50.2 Å². The summed E-state index contributed by atoms with van der Waals surface area (Å²) in [5.74, 6) is 0.915. The molecule has 2 rings (SSSR count). The summed E-state index contributed by atoms with van der Waals surface area (Å²) in [4.78, 5) is 12.0. The van der Waals surface area contributed by atoms with Gasteiger partial charge in [0.2, 0.25) is 5.91 Å². The fourth-order valence-electron chi connectivity index (χ4n) is 2.47. The van der Waals surface area contributed by atoms with Crippen molar-refractivity contribution in [1.82, 2.24) is 5.32 Å². The lowest BCUT2D eigenvalue weighted by molar-refractivity contribution is -0.116. The van der Waals surface area contributed by atoms with Crippen LogP contribution in [0.5, 0.6) is 5.75 Å². The second-order valence-electron chi connectivity index (χ2n) is 5.97. The molecule has 0 spiro atoms. The minimum Gasteiger partial charge on any atom is -0.497 e. The highest BCUT2D eigenvalue weighted by Crippen LogP contribution is 2.16. The molecule has 0 aliphatic carbocycles. The SMILES string of the molecule is COc1cccc(CCNCCC(=O)Nc2cc(C)ccc2C)c1. The van der Waals surface area contributed by atoms with Crippen molar-refractivity contribution in [3.63, 3.8) is 0 Å². The predicted octanol–water partition coefficient (Wildman–Crippen LogP) is 3.47. The summed E-state index contributed by atoms with van der Waals surface area (Å²) in [5.41, 5.74) is 4.35. The van der Waals surface area contributed by atoms with Crippen molar-refractivity contribution in [1.29, 1.82) is 0 Å². The number of hydrogen-bond acceptors (Lipinski definition) is 3. The molecule has 2 aromatic rings. The van der Waals surface area contributed by atoms with Crippen LogP contribution in [-0.2, 0) is 11.2 Å². The van der Waals surface area contributed by atoms with Crippen molar-refractivity contribution in [2.45, 2.75) is 26.7 Å². The number of carbonyl (C=O) groups is 1. The fraction of sp³-hybridized carbons (Fsp3) is 0.350. The Bertz CT molecular complexity index is 683. The van der Waals surface area contributed by atoms with Gasteiger partial charge in [0.1, 0.15) is 5.75 Å². The quantitative estimate of drug-likeness (QED) is 0.730. The second kappa shape index (κ2) is 9.08. The zero-order chi connectivity index (χ0) is 17.4. The largest absolute Gasteiger partial charge is 0.497 e. The molecule has 0 atom stereocenters. The van der Waals surface area contributed by atoms with Crippen molar-refractivity contribution in [3.05, 3.63) is 59.2 Å². The van der Waals surface area contributed by atoms with Crippen LogP contribution in [0.4, 0.5) is 5.69 Å². The summed E-state index contributed by atoms with van der Waals surface area (Å²) in [6.07, 6.45) is 1.38. The van der Waals surface area contributed by atoms with Crippen LogP contribution in [0, 0.1) is 13.8 Å². The van der Waals surface area contributed by atoms with Gasteiger partial charge >= 0.3 is 0 Å². The Kier molecular flexibility index (Phi) is 6.82. The highest BCUT2D eigenvalue weighted by atomic mass is 16.5. The van der Waals surface area contributed by atoms with Crippen molar-refractivity contribution >= 4 is 11.6 Å². The predicted molar refractivity (Wildman–Crippen MR) is 98.7 cm³/mol. The maximum atomic E-state index is 12.0. The molecular weight excluding hydrogens is 300 g/mol. The Morgan fingerprint density at radius 3 is 2.71 bits per heavy atom. The normalized spacial score (nSPS) is 10.5. The smallest absolute Gasteiger partial charge is 0.225 e. The van der Waals surface area contributed by atoms with Crippen LogP contribution in [0.15, 0.2) is 42.5 Å². The van der Waals surface area contributed by atoms with E-state index in [9.17, 15) is 4.79 Å². The van der Waals surface area contributed by atoms with Gasteiger partial charge in [-0.1, -0.05) is 24.3 Å². The van der Waals surface area contributed by atoms with Gasteiger partial charge in [0.15, 0.2) is 0 Å². The third-order valence-corrected chi connectivity index (χ3v) is 3.92. The number of ether oxygens (including phenoxy) is 1. The van der Waals surface area contributed by atoms with Gasteiger partial charge in [0, 0.05) is 18.7 Å². The lowest BCUT2D eigenvalue weighted by atomic mass is 10.1. The minimum atomic E-state index is 0.0394. The molecular formula is C20H26N2O2. The van der Waals surface area contributed by atoms with Crippen molar-refractivity contribution in [3.8, 4) is 5.75 Å². The Labute approximate surface area is 144 Å². The van der Waals surface area contributed by atoms with Crippen LogP contribution in [0.3, 0.4) is 0 Å². The molecule has 0 unspecified atom stereocenters. The van der Waals surface area contributed by atoms with Gasteiger partial charge in [0.25, 0.3) is 0 Å². The van der Waals surface area contributed by atoms with E-state index in [0.29, 0.717) is 13.0 Å². The van der Waals surface area contributed by atoms with Crippen molar-refractivity contribution < 1.29 is 9.53 Å². The van der Waals surface area contributed by atoms with Gasteiger partial charge in [-0.15, -0.1) is 0 Å². The standard InChI is InChI=1S/C20H26N2O2/c1-15-7-8-16(2)19(13-15)22-20(23)10-12-21-11-9-17-5-4-6-18(14-17)24-3/h4-8,13-14,21H,9-12H2,1-3H3,(H,22,23). The monoisotopic (exact) mass is 326 g/mol. The van der Waals surface area contributed by atoms with Gasteiger partial charge in [0.05, 0.1) is 7.11 Å². The Hall–Kier alpha value is -2.33. The Balaban J connectivity index is 1.68. The molecule has 0 saturated heterocycles. The zero-order valence-corrected chi connectivity index (χ0v) is 14.7. The number of aryl methyl sites for hydroxylation is 2.